The molecule has 0 aliphatic heterocycles. The van der Waals surface area contributed by atoms with Gasteiger partial charge in [0.25, 0.3) is 5.91 Å². The average molecular weight is 282 g/mol. The Bertz CT molecular complexity index is 481. The lowest BCUT2D eigenvalue weighted by Crippen LogP contribution is -2.46. The SMILES string of the molecule is CC(Oc1ccc([C@@H](C)N)cc1F)C(=O)NC(C)(C)C. The van der Waals surface area contributed by atoms with Crippen molar-refractivity contribution in [3.8, 4) is 5.75 Å². The van der Waals surface area contributed by atoms with E-state index in [9.17, 15) is 9.18 Å². The Morgan fingerprint density at radius 2 is 1.95 bits per heavy atom. The Morgan fingerprint density at radius 1 is 1.35 bits per heavy atom. The number of hydrogen-bond acceptors (Lipinski definition) is 3. The quantitative estimate of drug-likeness (QED) is 0.892. The molecule has 2 atom stereocenters. The number of nitrogens with one attached hydrogen (secondary N) is 1. The van der Waals surface area contributed by atoms with Gasteiger partial charge in [-0.25, -0.2) is 4.39 Å². The molecule has 1 unspecified atom stereocenters. The molecule has 0 bridgehead atoms. The van der Waals surface area contributed by atoms with Crippen LogP contribution in [0.4, 0.5) is 4.39 Å². The molecule has 1 amide bonds. The van der Waals surface area contributed by atoms with E-state index >= 15 is 0 Å². The third-order valence-electron chi connectivity index (χ3n) is 2.65. The van der Waals surface area contributed by atoms with Crippen LogP contribution in [0.15, 0.2) is 18.2 Å². The highest BCUT2D eigenvalue weighted by Gasteiger charge is 2.21. The zero-order valence-corrected chi connectivity index (χ0v) is 12.7. The summed E-state index contributed by atoms with van der Waals surface area (Å²) in [5, 5.41) is 2.78. The number of carbonyl (C=O) groups excluding carboxylic acids is 1. The minimum Gasteiger partial charge on any atom is -0.478 e. The summed E-state index contributed by atoms with van der Waals surface area (Å²) in [4.78, 5) is 11.9. The van der Waals surface area contributed by atoms with Crippen LogP contribution >= 0.6 is 0 Å². The molecule has 1 aromatic carbocycles. The first kappa shape index (κ1) is 16.4. The highest BCUT2D eigenvalue weighted by Crippen LogP contribution is 2.22. The van der Waals surface area contributed by atoms with E-state index in [0.29, 0.717) is 5.56 Å². The van der Waals surface area contributed by atoms with E-state index in [2.05, 4.69) is 5.32 Å². The van der Waals surface area contributed by atoms with Gasteiger partial charge >= 0.3 is 0 Å². The Kier molecular flexibility index (Phi) is 5.11. The molecule has 0 radical (unpaired) electrons. The minimum atomic E-state index is -0.773. The summed E-state index contributed by atoms with van der Waals surface area (Å²) in [6.07, 6.45) is -0.773. The van der Waals surface area contributed by atoms with Crippen LogP contribution in [0.2, 0.25) is 0 Å². The van der Waals surface area contributed by atoms with E-state index in [0.717, 1.165) is 0 Å². The number of nitrogens with two attached hydrogens (primary N) is 1. The van der Waals surface area contributed by atoms with Gasteiger partial charge < -0.3 is 15.8 Å². The summed E-state index contributed by atoms with van der Waals surface area (Å²) in [5.74, 6) is -0.755. The number of amides is 1. The van der Waals surface area contributed by atoms with E-state index in [1.807, 2.05) is 20.8 Å². The molecule has 112 valence electrons. The van der Waals surface area contributed by atoms with Crippen LogP contribution in [0.1, 0.15) is 46.2 Å². The van der Waals surface area contributed by atoms with Crippen molar-refractivity contribution in [2.75, 3.05) is 0 Å². The van der Waals surface area contributed by atoms with Crippen LogP contribution < -0.4 is 15.8 Å². The maximum Gasteiger partial charge on any atom is 0.261 e. The predicted molar refractivity (Wildman–Crippen MR) is 77.0 cm³/mol. The smallest absolute Gasteiger partial charge is 0.261 e. The van der Waals surface area contributed by atoms with Gasteiger partial charge in [0.1, 0.15) is 0 Å². The second kappa shape index (κ2) is 6.22. The van der Waals surface area contributed by atoms with Crippen molar-refractivity contribution < 1.29 is 13.9 Å². The van der Waals surface area contributed by atoms with Crippen LogP contribution in [0.25, 0.3) is 0 Å². The van der Waals surface area contributed by atoms with Crippen molar-refractivity contribution in [3.63, 3.8) is 0 Å². The molecule has 20 heavy (non-hydrogen) atoms. The van der Waals surface area contributed by atoms with Crippen LogP contribution in [0, 0.1) is 5.82 Å². The van der Waals surface area contributed by atoms with Crippen molar-refractivity contribution in [3.05, 3.63) is 29.6 Å². The molecule has 0 fully saturated rings. The fourth-order valence-electron chi connectivity index (χ4n) is 1.61. The predicted octanol–water partition coefficient (Wildman–Crippen LogP) is 2.53. The van der Waals surface area contributed by atoms with Crippen molar-refractivity contribution in [1.29, 1.82) is 0 Å². The third kappa shape index (κ3) is 4.81. The number of benzene rings is 1. The molecular formula is C15H23FN2O2. The van der Waals surface area contributed by atoms with Gasteiger partial charge in [0, 0.05) is 11.6 Å². The lowest BCUT2D eigenvalue weighted by Gasteiger charge is -2.23. The monoisotopic (exact) mass is 282 g/mol. The molecule has 0 aromatic heterocycles. The molecule has 0 spiro atoms. The first-order chi connectivity index (χ1) is 9.10. The molecule has 1 aromatic rings. The molecule has 0 heterocycles. The Morgan fingerprint density at radius 3 is 2.40 bits per heavy atom. The summed E-state index contributed by atoms with van der Waals surface area (Å²) in [7, 11) is 0. The second-order valence-electron chi connectivity index (χ2n) is 5.98. The largest absolute Gasteiger partial charge is 0.478 e. The molecule has 0 saturated carbocycles. The highest BCUT2D eigenvalue weighted by molar-refractivity contribution is 5.81. The van der Waals surface area contributed by atoms with E-state index < -0.39 is 11.9 Å². The van der Waals surface area contributed by atoms with Gasteiger partial charge in [-0.1, -0.05) is 6.07 Å². The number of ether oxygens (including phenoxy) is 1. The summed E-state index contributed by atoms with van der Waals surface area (Å²) in [6.45, 7) is 8.97. The number of hydrogen-bond donors (Lipinski definition) is 2. The molecule has 5 heteroatoms. The lowest BCUT2D eigenvalue weighted by molar-refractivity contribution is -0.128. The number of rotatable bonds is 4. The summed E-state index contributed by atoms with van der Waals surface area (Å²) < 4.78 is 19.2. The molecule has 4 nitrogen and oxygen atoms in total. The highest BCUT2D eigenvalue weighted by atomic mass is 19.1. The van der Waals surface area contributed by atoms with Gasteiger partial charge in [0.15, 0.2) is 17.7 Å². The van der Waals surface area contributed by atoms with Gasteiger partial charge in [-0.2, -0.15) is 0 Å². The molecule has 0 aliphatic carbocycles. The topological polar surface area (TPSA) is 64.3 Å². The van der Waals surface area contributed by atoms with Gasteiger partial charge in [-0.3, -0.25) is 4.79 Å². The second-order valence-corrected chi connectivity index (χ2v) is 5.98. The average Bonchev–Trinajstić information content (AvgIpc) is 2.29. The zero-order valence-electron chi connectivity index (χ0n) is 12.7. The molecule has 3 N–H and O–H groups in total. The van der Waals surface area contributed by atoms with Crippen LogP contribution in [0.5, 0.6) is 5.75 Å². The van der Waals surface area contributed by atoms with Gasteiger partial charge in [0.05, 0.1) is 0 Å². The molecule has 0 saturated heterocycles. The van der Waals surface area contributed by atoms with Crippen molar-refractivity contribution >= 4 is 5.91 Å². The van der Waals surface area contributed by atoms with Gasteiger partial charge in [0.2, 0.25) is 0 Å². The lowest BCUT2D eigenvalue weighted by atomic mass is 10.1. The van der Waals surface area contributed by atoms with Gasteiger partial charge in [-0.15, -0.1) is 0 Å². The van der Waals surface area contributed by atoms with E-state index in [-0.39, 0.29) is 23.2 Å². The standard InChI is InChI=1S/C15H23FN2O2/c1-9(17)11-6-7-13(12(16)8-11)20-10(2)14(19)18-15(3,4)5/h6-10H,17H2,1-5H3,(H,18,19)/t9-,10?/m1/s1. The molecular weight excluding hydrogens is 259 g/mol. The maximum atomic E-state index is 13.9. The zero-order chi connectivity index (χ0) is 15.5. The van der Waals surface area contributed by atoms with Gasteiger partial charge in [-0.05, 0) is 52.3 Å². The number of carbonyl (C=O) groups is 1. The van der Waals surface area contributed by atoms with Crippen molar-refractivity contribution in [1.82, 2.24) is 5.32 Å². The summed E-state index contributed by atoms with van der Waals surface area (Å²) in [6, 6.07) is 4.26. The number of halogens is 1. The Hall–Kier alpha value is -1.62. The first-order valence-electron chi connectivity index (χ1n) is 6.64. The summed E-state index contributed by atoms with van der Waals surface area (Å²) >= 11 is 0. The Balaban J connectivity index is 2.76. The van der Waals surface area contributed by atoms with Crippen molar-refractivity contribution in [2.45, 2.75) is 52.3 Å². The normalized spacial score (nSPS) is 14.6. The Labute approximate surface area is 119 Å². The first-order valence-corrected chi connectivity index (χ1v) is 6.64. The van der Waals surface area contributed by atoms with Crippen molar-refractivity contribution in [2.24, 2.45) is 5.73 Å². The minimum absolute atomic E-state index is 0.0472. The summed E-state index contributed by atoms with van der Waals surface area (Å²) in [5.41, 5.74) is 6.01. The third-order valence-corrected chi connectivity index (χ3v) is 2.65. The molecule has 0 aliphatic rings. The van der Waals surface area contributed by atoms with E-state index in [4.69, 9.17) is 10.5 Å². The van der Waals surface area contributed by atoms with Crippen LogP contribution in [-0.2, 0) is 4.79 Å². The fraction of sp³-hybridized carbons (Fsp3) is 0.533. The maximum absolute atomic E-state index is 13.9. The van der Waals surface area contributed by atoms with Crippen LogP contribution in [-0.4, -0.2) is 17.6 Å². The van der Waals surface area contributed by atoms with E-state index in [1.54, 1.807) is 19.9 Å². The molecule has 1 rings (SSSR count). The fourth-order valence-corrected chi connectivity index (χ4v) is 1.61. The van der Waals surface area contributed by atoms with E-state index in [1.165, 1.54) is 12.1 Å². The van der Waals surface area contributed by atoms with Crippen LogP contribution in [0.3, 0.4) is 0 Å².